The summed E-state index contributed by atoms with van der Waals surface area (Å²) in [5.41, 5.74) is 20.0. The molecule has 0 unspecified atom stereocenters. The second kappa shape index (κ2) is 18.1. The molecule has 0 aromatic carbocycles. The molecule has 1 aliphatic rings. The van der Waals surface area contributed by atoms with E-state index in [4.69, 9.17) is 22.3 Å². The number of aromatic nitrogens is 1. The molecule has 3 amide bonds. The van der Waals surface area contributed by atoms with E-state index >= 15 is 0 Å². The minimum absolute atomic E-state index is 0.0102. The highest BCUT2D eigenvalue weighted by molar-refractivity contribution is 5.93. The average Bonchev–Trinajstić information content (AvgIpc) is 2.99. The SMILES string of the molecule is C[C@@H]1NC(=O)[C@H](C)NC(=O)[C@@H](N)CCCc2c(c[n+](CCCC[C@H](N)C(=O)O)cc2CC[C@H](N)C(=O)O)CC[C@@H](C(=O)O)NC1=O. The van der Waals surface area contributed by atoms with Crippen LogP contribution >= 0.6 is 0 Å². The van der Waals surface area contributed by atoms with E-state index in [-0.39, 0.29) is 32.1 Å². The molecule has 12 N–H and O–H groups in total. The van der Waals surface area contributed by atoms with Crippen LogP contribution in [0.15, 0.2) is 12.4 Å². The van der Waals surface area contributed by atoms with Crippen molar-refractivity contribution >= 4 is 35.6 Å². The fourth-order valence-corrected chi connectivity index (χ4v) is 5.17. The van der Waals surface area contributed by atoms with Gasteiger partial charge in [-0.3, -0.25) is 24.0 Å². The van der Waals surface area contributed by atoms with Crippen LogP contribution in [-0.2, 0) is 54.6 Å². The van der Waals surface area contributed by atoms with E-state index in [1.807, 2.05) is 17.0 Å². The Kier molecular flexibility index (Phi) is 15.0. The zero-order valence-corrected chi connectivity index (χ0v) is 26.4. The van der Waals surface area contributed by atoms with Crippen molar-refractivity contribution in [3.05, 3.63) is 29.1 Å². The smallest absolute Gasteiger partial charge is 0.326 e. The highest BCUT2D eigenvalue weighted by Gasteiger charge is 2.28. The van der Waals surface area contributed by atoms with Gasteiger partial charge in [-0.25, -0.2) is 9.36 Å². The van der Waals surface area contributed by atoms with E-state index in [1.54, 1.807) is 0 Å². The first-order valence-corrected chi connectivity index (χ1v) is 15.5. The third kappa shape index (κ3) is 12.0. The van der Waals surface area contributed by atoms with Crippen LogP contribution in [0.4, 0.5) is 0 Å². The maximum absolute atomic E-state index is 12.8. The molecule has 0 saturated heterocycles. The van der Waals surface area contributed by atoms with Crippen LogP contribution < -0.4 is 37.7 Å². The molecule has 0 bridgehead atoms. The van der Waals surface area contributed by atoms with E-state index < -0.39 is 71.9 Å². The first-order valence-electron chi connectivity index (χ1n) is 15.5. The van der Waals surface area contributed by atoms with Crippen molar-refractivity contribution < 1.29 is 48.7 Å². The van der Waals surface area contributed by atoms with Crippen LogP contribution in [0, 0.1) is 0 Å². The number of nitrogens with two attached hydrogens (primary N) is 3. The Morgan fingerprint density at radius 3 is 2.04 bits per heavy atom. The minimum atomic E-state index is -1.28. The lowest BCUT2D eigenvalue weighted by Crippen LogP contribution is -2.55. The van der Waals surface area contributed by atoms with Crippen LogP contribution in [0.1, 0.15) is 75.5 Å². The Morgan fingerprint density at radius 2 is 1.43 bits per heavy atom. The van der Waals surface area contributed by atoms with Crippen molar-refractivity contribution in [1.29, 1.82) is 0 Å². The molecule has 0 saturated carbocycles. The lowest BCUT2D eigenvalue weighted by molar-refractivity contribution is -0.698. The maximum atomic E-state index is 12.8. The molecule has 2 rings (SSSR count). The van der Waals surface area contributed by atoms with Crippen molar-refractivity contribution in [1.82, 2.24) is 16.0 Å². The van der Waals surface area contributed by atoms with Gasteiger partial charge in [0.1, 0.15) is 36.8 Å². The van der Waals surface area contributed by atoms with Gasteiger partial charge in [0.05, 0.1) is 6.04 Å². The topological polar surface area (TPSA) is 281 Å². The van der Waals surface area contributed by atoms with Gasteiger partial charge < -0.3 is 48.5 Å². The molecule has 16 nitrogen and oxygen atoms in total. The molecule has 0 fully saturated rings. The molecule has 0 aliphatic carbocycles. The number of hydrogen-bond donors (Lipinski definition) is 9. The van der Waals surface area contributed by atoms with E-state index in [9.17, 15) is 39.0 Å². The zero-order valence-electron chi connectivity index (χ0n) is 26.4. The third-order valence-electron chi connectivity index (χ3n) is 8.06. The van der Waals surface area contributed by atoms with Gasteiger partial charge in [0.2, 0.25) is 17.7 Å². The largest absolute Gasteiger partial charge is 0.480 e. The average molecular weight is 651 g/mol. The molecule has 2 heterocycles. The predicted octanol–water partition coefficient (Wildman–Crippen LogP) is -1.92. The summed E-state index contributed by atoms with van der Waals surface area (Å²) in [6, 6.07) is -6.39. The van der Waals surface area contributed by atoms with Gasteiger partial charge in [0.25, 0.3) is 0 Å². The standard InChI is InChI=1S/C30H47N7O9/c1-16-25(38)34-17(2)26(39)36-24(30(45)46)12-10-19-15-37(13-4-3-7-22(32)28(41)42)14-18(9-11-23(33)29(43)44)20(19)6-5-8-21(31)27(40)35-16/h14-17,21-24H,3-13,31-33H2,1-2H3,(H5-,34,35,36,38,39,40,41,42,43,44,45,46)/p+1/t16-,17-,21-,22-,23-,24-/m0/s1. The molecule has 1 aromatic heterocycles. The Hall–Kier alpha value is -4.15. The summed E-state index contributed by atoms with van der Waals surface area (Å²) in [5, 5.41) is 35.8. The molecule has 46 heavy (non-hydrogen) atoms. The zero-order chi connectivity index (χ0) is 34.6. The molecular formula is C30H48N7O9+. The van der Waals surface area contributed by atoms with Crippen molar-refractivity contribution in [2.24, 2.45) is 17.2 Å². The van der Waals surface area contributed by atoms with E-state index in [1.165, 1.54) is 13.8 Å². The van der Waals surface area contributed by atoms with Crippen LogP contribution in [0.5, 0.6) is 0 Å². The predicted molar refractivity (Wildman–Crippen MR) is 164 cm³/mol. The second-order valence-corrected chi connectivity index (χ2v) is 11.8. The van der Waals surface area contributed by atoms with Gasteiger partial charge in [-0.2, -0.15) is 0 Å². The number of hydrogen-bond acceptors (Lipinski definition) is 9. The third-order valence-corrected chi connectivity index (χ3v) is 8.06. The lowest BCUT2D eigenvalue weighted by Gasteiger charge is -2.21. The number of nitrogens with one attached hydrogen (secondary N) is 3. The number of fused-ring (bicyclic) bond motifs is 1. The number of pyridine rings is 1. The summed E-state index contributed by atoms with van der Waals surface area (Å²) in [6.07, 6.45) is 6.96. The van der Waals surface area contributed by atoms with E-state index in [0.717, 1.165) is 16.7 Å². The first-order chi connectivity index (χ1) is 21.6. The molecule has 1 aliphatic heterocycles. The Labute approximate surface area is 267 Å². The quantitative estimate of drug-likeness (QED) is 0.0936. The summed E-state index contributed by atoms with van der Waals surface area (Å²) in [6.45, 7) is 3.33. The summed E-state index contributed by atoms with van der Waals surface area (Å²) in [7, 11) is 0. The van der Waals surface area contributed by atoms with E-state index in [0.29, 0.717) is 38.6 Å². The Morgan fingerprint density at radius 1 is 0.848 bits per heavy atom. The van der Waals surface area contributed by atoms with Crippen LogP contribution in [0.25, 0.3) is 0 Å². The number of carboxylic acid groups (broad SMARTS) is 3. The van der Waals surface area contributed by atoms with Gasteiger partial charge in [0.15, 0.2) is 12.4 Å². The lowest BCUT2D eigenvalue weighted by atomic mass is 9.91. The number of nitrogens with zero attached hydrogens (tertiary/aromatic N) is 1. The Bertz CT molecular complexity index is 1280. The van der Waals surface area contributed by atoms with Crippen LogP contribution in [-0.4, -0.2) is 87.2 Å². The monoisotopic (exact) mass is 650 g/mol. The van der Waals surface area contributed by atoms with Gasteiger partial charge in [-0.15, -0.1) is 0 Å². The van der Waals surface area contributed by atoms with Crippen molar-refractivity contribution in [3.63, 3.8) is 0 Å². The molecule has 16 heteroatoms. The number of unbranched alkanes of at least 4 members (excludes halogenated alkanes) is 1. The number of carboxylic acids is 3. The fourth-order valence-electron chi connectivity index (χ4n) is 5.17. The number of carbonyl (C=O) groups excluding carboxylic acids is 3. The summed E-state index contributed by atoms with van der Waals surface area (Å²) >= 11 is 0. The normalized spacial score (nSPS) is 23.1. The molecule has 1 aromatic rings. The maximum Gasteiger partial charge on any atom is 0.326 e. The number of aryl methyl sites for hydroxylation is 3. The number of amides is 3. The fraction of sp³-hybridized carbons (Fsp3) is 0.633. The summed E-state index contributed by atoms with van der Waals surface area (Å²) in [5.74, 6) is -5.38. The number of rotatable bonds is 11. The molecule has 256 valence electrons. The van der Waals surface area contributed by atoms with Crippen LogP contribution in [0.2, 0.25) is 0 Å². The molecule has 0 spiro atoms. The van der Waals surface area contributed by atoms with Crippen molar-refractivity contribution in [3.8, 4) is 0 Å². The minimum Gasteiger partial charge on any atom is -0.480 e. The highest BCUT2D eigenvalue weighted by Crippen LogP contribution is 2.21. The van der Waals surface area contributed by atoms with Gasteiger partial charge >= 0.3 is 17.9 Å². The summed E-state index contributed by atoms with van der Waals surface area (Å²) in [4.78, 5) is 72.8. The Balaban J connectivity index is 2.49. The number of aliphatic carboxylic acids is 3. The van der Waals surface area contributed by atoms with Gasteiger partial charge in [0, 0.05) is 17.5 Å². The van der Waals surface area contributed by atoms with Crippen molar-refractivity contribution in [2.75, 3.05) is 0 Å². The second-order valence-electron chi connectivity index (χ2n) is 11.8. The molecular weight excluding hydrogens is 602 g/mol. The highest BCUT2D eigenvalue weighted by atomic mass is 16.4. The molecule has 6 atom stereocenters. The van der Waals surface area contributed by atoms with Gasteiger partial charge in [-0.1, -0.05) is 0 Å². The van der Waals surface area contributed by atoms with Gasteiger partial charge in [-0.05, 0) is 77.2 Å². The number of carbonyl (C=O) groups is 6. The van der Waals surface area contributed by atoms with Crippen LogP contribution in [0.3, 0.4) is 0 Å². The first kappa shape index (κ1) is 38.0. The van der Waals surface area contributed by atoms with Crippen molar-refractivity contribution in [2.45, 2.75) is 121 Å². The summed E-state index contributed by atoms with van der Waals surface area (Å²) < 4.78 is 1.89. The van der Waals surface area contributed by atoms with E-state index in [2.05, 4.69) is 16.0 Å². The molecule has 0 radical (unpaired) electrons.